The van der Waals surface area contributed by atoms with Crippen molar-refractivity contribution in [1.29, 1.82) is 0 Å². The third-order valence-corrected chi connectivity index (χ3v) is 5.12. The van der Waals surface area contributed by atoms with Gasteiger partial charge in [0.1, 0.15) is 5.65 Å². The van der Waals surface area contributed by atoms with Crippen molar-refractivity contribution in [2.45, 2.75) is 19.5 Å². The van der Waals surface area contributed by atoms with Crippen LogP contribution in [0.4, 0.5) is 11.6 Å². The Balaban J connectivity index is 1.69. The molecule has 1 aliphatic heterocycles. The van der Waals surface area contributed by atoms with Gasteiger partial charge in [-0.25, -0.2) is 15.0 Å². The van der Waals surface area contributed by atoms with Gasteiger partial charge in [-0.05, 0) is 30.2 Å². The third kappa shape index (κ3) is 2.15. The number of rotatable bonds is 2. The van der Waals surface area contributed by atoms with Gasteiger partial charge in [0.25, 0.3) is 0 Å². The number of fused-ring (bicyclic) bond motifs is 2. The summed E-state index contributed by atoms with van der Waals surface area (Å²) in [5, 5.41) is 1.06. The Kier molecular flexibility index (Phi) is 3.18. The maximum atomic E-state index is 5.79. The molecule has 0 saturated heterocycles. The number of pyridine rings is 1. The normalized spacial score (nSPS) is 16.2. The average Bonchev–Trinajstić information content (AvgIpc) is 3.24. The molecule has 3 N–H and O–H groups in total. The second-order valence-electron chi connectivity index (χ2n) is 6.56. The van der Waals surface area contributed by atoms with Crippen molar-refractivity contribution in [2.24, 2.45) is 0 Å². The van der Waals surface area contributed by atoms with E-state index in [0.29, 0.717) is 6.04 Å². The van der Waals surface area contributed by atoms with Crippen LogP contribution in [0.3, 0.4) is 0 Å². The van der Waals surface area contributed by atoms with E-state index >= 15 is 0 Å². The molecule has 3 aromatic heterocycles. The van der Waals surface area contributed by atoms with Crippen molar-refractivity contribution >= 4 is 22.7 Å². The number of hydrogen-bond donors (Lipinski definition) is 2. The highest BCUT2D eigenvalue weighted by Gasteiger charge is 2.28. The van der Waals surface area contributed by atoms with Crippen molar-refractivity contribution in [3.05, 3.63) is 66.1 Å². The Morgan fingerprint density at radius 1 is 1.12 bits per heavy atom. The molecule has 0 fully saturated rings. The third-order valence-electron chi connectivity index (χ3n) is 5.12. The van der Waals surface area contributed by atoms with Crippen LogP contribution in [-0.4, -0.2) is 19.9 Å². The van der Waals surface area contributed by atoms with Gasteiger partial charge in [0.2, 0.25) is 5.95 Å². The van der Waals surface area contributed by atoms with Gasteiger partial charge in [-0.1, -0.05) is 24.3 Å². The Morgan fingerprint density at radius 3 is 2.81 bits per heavy atom. The number of aromatic nitrogens is 4. The maximum Gasteiger partial charge on any atom is 0.220 e. The molecule has 1 atom stereocenters. The molecule has 6 nitrogen and oxygen atoms in total. The Morgan fingerprint density at radius 2 is 1.96 bits per heavy atom. The van der Waals surface area contributed by atoms with E-state index < -0.39 is 0 Å². The zero-order chi connectivity index (χ0) is 17.7. The Bertz CT molecular complexity index is 1120. The molecule has 1 aliphatic rings. The first-order chi connectivity index (χ1) is 12.7. The van der Waals surface area contributed by atoms with E-state index in [9.17, 15) is 0 Å². The number of nitrogens with zero attached hydrogens (tertiary/aromatic N) is 4. The van der Waals surface area contributed by atoms with Crippen LogP contribution in [-0.2, 0) is 6.54 Å². The minimum absolute atomic E-state index is 0.268. The molecule has 128 valence electrons. The first-order valence-corrected chi connectivity index (χ1v) is 8.62. The molecule has 4 aromatic rings. The van der Waals surface area contributed by atoms with E-state index in [4.69, 9.17) is 5.73 Å². The lowest BCUT2D eigenvalue weighted by Gasteiger charge is -2.25. The van der Waals surface area contributed by atoms with Gasteiger partial charge in [-0.3, -0.25) is 0 Å². The minimum Gasteiger partial charge on any atom is -0.368 e. The maximum absolute atomic E-state index is 5.79. The van der Waals surface area contributed by atoms with Crippen LogP contribution in [0.15, 0.2) is 55.0 Å². The molecule has 0 saturated carbocycles. The van der Waals surface area contributed by atoms with Crippen LogP contribution < -0.4 is 10.6 Å². The number of nitrogen functional groups attached to an aromatic ring is 1. The molecule has 0 aliphatic carbocycles. The van der Waals surface area contributed by atoms with E-state index in [1.165, 1.54) is 11.1 Å². The minimum atomic E-state index is 0.268. The molecule has 4 heterocycles. The number of benzene rings is 1. The van der Waals surface area contributed by atoms with Gasteiger partial charge in [0.15, 0.2) is 0 Å². The van der Waals surface area contributed by atoms with Gasteiger partial charge in [0, 0.05) is 30.7 Å². The number of H-pyrrole nitrogens is 1. The summed E-state index contributed by atoms with van der Waals surface area (Å²) in [5.41, 5.74) is 12.3. The highest BCUT2D eigenvalue weighted by Crippen LogP contribution is 2.42. The number of nitrogens with one attached hydrogen (secondary N) is 1. The zero-order valence-corrected chi connectivity index (χ0v) is 14.3. The predicted molar refractivity (Wildman–Crippen MR) is 103 cm³/mol. The predicted octanol–water partition coefficient (Wildman–Crippen LogP) is 3.68. The summed E-state index contributed by atoms with van der Waals surface area (Å²) >= 11 is 0. The van der Waals surface area contributed by atoms with Crippen molar-refractivity contribution in [2.75, 3.05) is 10.6 Å². The molecule has 6 heteroatoms. The van der Waals surface area contributed by atoms with Gasteiger partial charge in [0.05, 0.1) is 22.8 Å². The summed E-state index contributed by atoms with van der Waals surface area (Å²) in [6.07, 6.45) is 5.47. The summed E-state index contributed by atoms with van der Waals surface area (Å²) in [5.74, 6) is 0.268. The SMILES string of the molecule is CC1c2ccccc2CN1c1ccnc2[nH]cc(-c3ccnc(N)n3)c12. The first-order valence-electron chi connectivity index (χ1n) is 8.62. The van der Waals surface area contributed by atoms with Crippen molar-refractivity contribution in [1.82, 2.24) is 19.9 Å². The zero-order valence-electron chi connectivity index (χ0n) is 14.3. The topological polar surface area (TPSA) is 83.7 Å². The van der Waals surface area contributed by atoms with E-state index in [1.54, 1.807) is 6.20 Å². The van der Waals surface area contributed by atoms with Crippen molar-refractivity contribution < 1.29 is 0 Å². The monoisotopic (exact) mass is 342 g/mol. The Hall–Kier alpha value is -3.41. The van der Waals surface area contributed by atoms with Crippen LogP contribution >= 0.6 is 0 Å². The van der Waals surface area contributed by atoms with E-state index in [-0.39, 0.29) is 5.95 Å². The van der Waals surface area contributed by atoms with Crippen molar-refractivity contribution in [3.8, 4) is 11.3 Å². The van der Waals surface area contributed by atoms with Gasteiger partial charge in [-0.15, -0.1) is 0 Å². The molecule has 0 bridgehead atoms. The molecule has 1 aromatic carbocycles. The first kappa shape index (κ1) is 14.9. The molecule has 0 spiro atoms. The van der Waals surface area contributed by atoms with Crippen molar-refractivity contribution in [3.63, 3.8) is 0 Å². The molecule has 0 radical (unpaired) electrons. The lowest BCUT2D eigenvalue weighted by Crippen LogP contribution is -2.19. The number of hydrogen-bond acceptors (Lipinski definition) is 5. The highest BCUT2D eigenvalue weighted by molar-refractivity contribution is 6.02. The molecular weight excluding hydrogens is 324 g/mol. The molecule has 26 heavy (non-hydrogen) atoms. The number of nitrogens with two attached hydrogens (primary N) is 1. The second-order valence-corrected chi connectivity index (χ2v) is 6.56. The fourth-order valence-corrected chi connectivity index (χ4v) is 3.87. The molecular formula is C20H18N6. The lowest BCUT2D eigenvalue weighted by molar-refractivity contribution is 0.735. The van der Waals surface area contributed by atoms with Crippen LogP contribution in [0.5, 0.6) is 0 Å². The van der Waals surface area contributed by atoms with Crippen LogP contribution in [0, 0.1) is 0 Å². The van der Waals surface area contributed by atoms with Gasteiger partial charge in [-0.2, -0.15) is 0 Å². The standard InChI is InChI=1S/C20H18N6/c1-12-14-5-3-2-4-13(14)11-26(12)17-7-9-22-19-18(17)15(10-24-19)16-6-8-23-20(21)25-16/h2-10,12H,11H2,1H3,(H,22,24)(H2,21,23,25). The van der Waals surface area contributed by atoms with E-state index in [2.05, 4.69) is 62.1 Å². The van der Waals surface area contributed by atoms with Gasteiger partial charge >= 0.3 is 0 Å². The lowest BCUT2D eigenvalue weighted by atomic mass is 10.1. The average molecular weight is 342 g/mol. The van der Waals surface area contributed by atoms with E-state index in [0.717, 1.165) is 34.5 Å². The number of aromatic amines is 1. The Labute approximate surface area is 150 Å². The summed E-state index contributed by atoms with van der Waals surface area (Å²) in [7, 11) is 0. The summed E-state index contributed by atoms with van der Waals surface area (Å²) in [6.45, 7) is 3.13. The smallest absolute Gasteiger partial charge is 0.220 e. The second kappa shape index (κ2) is 5.56. The molecule has 0 amide bonds. The van der Waals surface area contributed by atoms with Crippen LogP contribution in [0.2, 0.25) is 0 Å². The van der Waals surface area contributed by atoms with Gasteiger partial charge < -0.3 is 15.6 Å². The quantitative estimate of drug-likeness (QED) is 0.580. The fourth-order valence-electron chi connectivity index (χ4n) is 3.87. The summed E-state index contributed by atoms with van der Waals surface area (Å²) in [6, 6.07) is 12.9. The summed E-state index contributed by atoms with van der Waals surface area (Å²) in [4.78, 5) is 18.6. The van der Waals surface area contributed by atoms with Crippen LogP contribution in [0.25, 0.3) is 22.3 Å². The molecule has 1 unspecified atom stereocenters. The summed E-state index contributed by atoms with van der Waals surface area (Å²) < 4.78 is 0. The largest absolute Gasteiger partial charge is 0.368 e. The van der Waals surface area contributed by atoms with E-state index in [1.807, 2.05) is 18.5 Å². The molecule has 5 rings (SSSR count). The highest BCUT2D eigenvalue weighted by atomic mass is 15.2. The van der Waals surface area contributed by atoms with Crippen LogP contribution in [0.1, 0.15) is 24.1 Å². The number of anilines is 2. The fraction of sp³-hybridized carbons (Fsp3) is 0.150.